The van der Waals surface area contributed by atoms with Crippen LogP contribution < -0.4 is 10.1 Å². The molecule has 144 valence electrons. The lowest BCUT2D eigenvalue weighted by molar-refractivity contribution is 0.0911. The number of aromatic nitrogens is 2. The van der Waals surface area contributed by atoms with Crippen LogP contribution in [-0.4, -0.2) is 21.4 Å². The van der Waals surface area contributed by atoms with Gasteiger partial charge in [0.25, 0.3) is 5.91 Å². The largest absolute Gasteiger partial charge is 0.439 e. The average molecular weight is 375 g/mol. The van der Waals surface area contributed by atoms with E-state index in [-0.39, 0.29) is 11.4 Å². The molecule has 1 amide bonds. The van der Waals surface area contributed by atoms with Gasteiger partial charge in [0.15, 0.2) is 5.82 Å². The molecular formula is C23H25N3O2. The highest BCUT2D eigenvalue weighted by molar-refractivity contribution is 5.95. The standard InChI is InChI=1S/C23H25N3O2/c1-5-23(3,4)26-22(27)18-7-6-8-19(15-18)28-20-13-14-24-21(25-20)17-11-9-16(2)10-12-17/h6-15H,5H2,1-4H3,(H,26,27). The number of nitrogens with zero attached hydrogens (tertiary/aromatic N) is 2. The van der Waals surface area contributed by atoms with Gasteiger partial charge in [0.1, 0.15) is 5.75 Å². The van der Waals surface area contributed by atoms with E-state index in [2.05, 4.69) is 15.3 Å². The quantitative estimate of drug-likeness (QED) is 0.646. The van der Waals surface area contributed by atoms with Gasteiger partial charge in [-0.15, -0.1) is 0 Å². The monoisotopic (exact) mass is 375 g/mol. The second-order valence-corrected chi connectivity index (χ2v) is 7.41. The maximum atomic E-state index is 12.5. The van der Waals surface area contributed by atoms with Crippen molar-refractivity contribution in [2.75, 3.05) is 0 Å². The molecule has 0 unspecified atom stereocenters. The van der Waals surface area contributed by atoms with Crippen molar-refractivity contribution in [1.82, 2.24) is 15.3 Å². The van der Waals surface area contributed by atoms with Crippen LogP contribution in [0.1, 0.15) is 43.1 Å². The molecule has 28 heavy (non-hydrogen) atoms. The topological polar surface area (TPSA) is 64.1 Å². The number of hydrogen-bond acceptors (Lipinski definition) is 4. The Labute approximate surface area is 165 Å². The van der Waals surface area contributed by atoms with Crippen molar-refractivity contribution in [3.05, 3.63) is 71.9 Å². The van der Waals surface area contributed by atoms with Crippen LogP contribution in [0.2, 0.25) is 0 Å². The normalized spacial score (nSPS) is 11.1. The molecule has 0 spiro atoms. The predicted octanol–water partition coefficient (Wildman–Crippen LogP) is 5.16. The van der Waals surface area contributed by atoms with E-state index in [1.54, 1.807) is 36.5 Å². The molecule has 1 heterocycles. The van der Waals surface area contributed by atoms with E-state index in [9.17, 15) is 4.79 Å². The third kappa shape index (κ3) is 4.94. The van der Waals surface area contributed by atoms with E-state index < -0.39 is 0 Å². The van der Waals surface area contributed by atoms with Gasteiger partial charge in [-0.3, -0.25) is 4.79 Å². The molecule has 0 aliphatic heterocycles. The van der Waals surface area contributed by atoms with Crippen LogP contribution in [0.4, 0.5) is 0 Å². The Morgan fingerprint density at radius 1 is 1.11 bits per heavy atom. The van der Waals surface area contributed by atoms with Crippen LogP contribution in [0.5, 0.6) is 11.6 Å². The fourth-order valence-corrected chi connectivity index (χ4v) is 2.53. The van der Waals surface area contributed by atoms with Gasteiger partial charge in [-0.2, -0.15) is 4.98 Å². The first kappa shape index (κ1) is 19.5. The molecule has 3 rings (SSSR count). The minimum absolute atomic E-state index is 0.125. The van der Waals surface area contributed by atoms with E-state index in [0.29, 0.717) is 23.0 Å². The second kappa shape index (κ2) is 8.21. The first-order valence-corrected chi connectivity index (χ1v) is 9.37. The predicted molar refractivity (Wildman–Crippen MR) is 111 cm³/mol. The number of carbonyl (C=O) groups is 1. The molecule has 0 saturated heterocycles. The Hall–Kier alpha value is -3.21. The highest BCUT2D eigenvalue weighted by Gasteiger charge is 2.19. The molecule has 1 aromatic heterocycles. The van der Waals surface area contributed by atoms with Gasteiger partial charge >= 0.3 is 0 Å². The number of aryl methyl sites for hydroxylation is 1. The van der Waals surface area contributed by atoms with Crippen LogP contribution in [0.3, 0.4) is 0 Å². The molecule has 0 saturated carbocycles. The van der Waals surface area contributed by atoms with E-state index >= 15 is 0 Å². The van der Waals surface area contributed by atoms with Crippen molar-refractivity contribution < 1.29 is 9.53 Å². The van der Waals surface area contributed by atoms with Crippen molar-refractivity contribution in [2.45, 2.75) is 39.7 Å². The molecule has 0 aliphatic carbocycles. The molecule has 5 heteroatoms. The SMILES string of the molecule is CCC(C)(C)NC(=O)c1cccc(Oc2ccnc(-c3ccc(C)cc3)n2)c1. The lowest BCUT2D eigenvalue weighted by atomic mass is 10.0. The van der Waals surface area contributed by atoms with Gasteiger partial charge in [0, 0.05) is 28.9 Å². The summed E-state index contributed by atoms with van der Waals surface area (Å²) < 4.78 is 5.88. The minimum Gasteiger partial charge on any atom is -0.439 e. The molecule has 1 N–H and O–H groups in total. The number of hydrogen-bond donors (Lipinski definition) is 1. The highest BCUT2D eigenvalue weighted by atomic mass is 16.5. The molecular weight excluding hydrogens is 350 g/mol. The van der Waals surface area contributed by atoms with Crippen molar-refractivity contribution in [3.63, 3.8) is 0 Å². The summed E-state index contributed by atoms with van der Waals surface area (Å²) >= 11 is 0. The first-order chi connectivity index (χ1) is 13.4. The van der Waals surface area contributed by atoms with Crippen LogP contribution in [-0.2, 0) is 0 Å². The van der Waals surface area contributed by atoms with Gasteiger partial charge in [0.2, 0.25) is 5.88 Å². The zero-order valence-corrected chi connectivity index (χ0v) is 16.7. The van der Waals surface area contributed by atoms with Gasteiger partial charge < -0.3 is 10.1 Å². The van der Waals surface area contributed by atoms with Crippen LogP contribution in [0, 0.1) is 6.92 Å². The number of carbonyl (C=O) groups excluding carboxylic acids is 1. The number of ether oxygens (including phenoxy) is 1. The summed E-state index contributed by atoms with van der Waals surface area (Å²) in [5, 5.41) is 3.03. The molecule has 0 aliphatic rings. The van der Waals surface area contributed by atoms with Gasteiger partial charge in [-0.1, -0.05) is 42.8 Å². The molecule has 2 aromatic carbocycles. The Morgan fingerprint density at radius 3 is 2.57 bits per heavy atom. The average Bonchev–Trinajstić information content (AvgIpc) is 2.69. The zero-order chi connectivity index (χ0) is 20.1. The second-order valence-electron chi connectivity index (χ2n) is 7.41. The summed E-state index contributed by atoms with van der Waals surface area (Å²) in [6, 6.07) is 16.8. The molecule has 0 atom stereocenters. The summed E-state index contributed by atoms with van der Waals surface area (Å²) in [5.41, 5.74) is 2.39. The summed E-state index contributed by atoms with van der Waals surface area (Å²) in [6.07, 6.45) is 2.51. The molecule has 0 bridgehead atoms. The van der Waals surface area contributed by atoms with E-state index in [1.165, 1.54) is 5.56 Å². The van der Waals surface area contributed by atoms with Crippen molar-refractivity contribution in [2.24, 2.45) is 0 Å². The van der Waals surface area contributed by atoms with E-state index in [0.717, 1.165) is 12.0 Å². The van der Waals surface area contributed by atoms with Crippen molar-refractivity contribution >= 4 is 5.91 Å². The summed E-state index contributed by atoms with van der Waals surface area (Å²) in [7, 11) is 0. The van der Waals surface area contributed by atoms with Crippen LogP contribution >= 0.6 is 0 Å². The maximum absolute atomic E-state index is 12.5. The summed E-state index contributed by atoms with van der Waals surface area (Å²) in [6.45, 7) is 8.08. The highest BCUT2D eigenvalue weighted by Crippen LogP contribution is 2.23. The van der Waals surface area contributed by atoms with Crippen LogP contribution in [0.25, 0.3) is 11.4 Å². The Bertz CT molecular complexity index is 966. The molecule has 5 nitrogen and oxygen atoms in total. The van der Waals surface area contributed by atoms with Crippen LogP contribution in [0.15, 0.2) is 60.8 Å². The van der Waals surface area contributed by atoms with E-state index in [4.69, 9.17) is 4.74 Å². The Kier molecular flexibility index (Phi) is 5.73. The molecule has 0 radical (unpaired) electrons. The molecule has 3 aromatic rings. The van der Waals surface area contributed by atoms with Crippen molar-refractivity contribution in [3.8, 4) is 23.0 Å². The number of amides is 1. The third-order valence-corrected chi connectivity index (χ3v) is 4.59. The lowest BCUT2D eigenvalue weighted by Gasteiger charge is -2.24. The maximum Gasteiger partial charge on any atom is 0.251 e. The summed E-state index contributed by atoms with van der Waals surface area (Å²) in [4.78, 5) is 21.3. The zero-order valence-electron chi connectivity index (χ0n) is 16.7. The lowest BCUT2D eigenvalue weighted by Crippen LogP contribution is -2.42. The third-order valence-electron chi connectivity index (χ3n) is 4.59. The fraction of sp³-hybridized carbons (Fsp3) is 0.261. The number of benzene rings is 2. The minimum atomic E-state index is -0.260. The Balaban J connectivity index is 1.78. The number of rotatable bonds is 6. The first-order valence-electron chi connectivity index (χ1n) is 9.37. The van der Waals surface area contributed by atoms with Gasteiger partial charge in [-0.05, 0) is 45.4 Å². The number of nitrogens with one attached hydrogen (secondary N) is 1. The summed E-state index contributed by atoms with van der Waals surface area (Å²) in [5.74, 6) is 1.45. The molecule has 0 fully saturated rings. The van der Waals surface area contributed by atoms with Gasteiger partial charge in [0.05, 0.1) is 0 Å². The fourth-order valence-electron chi connectivity index (χ4n) is 2.53. The Morgan fingerprint density at radius 2 is 1.86 bits per heavy atom. The smallest absolute Gasteiger partial charge is 0.251 e. The van der Waals surface area contributed by atoms with Gasteiger partial charge in [-0.25, -0.2) is 4.98 Å². The van der Waals surface area contributed by atoms with Crippen molar-refractivity contribution in [1.29, 1.82) is 0 Å². The van der Waals surface area contributed by atoms with E-state index in [1.807, 2.05) is 52.0 Å².